The van der Waals surface area contributed by atoms with Gasteiger partial charge in [0.25, 0.3) is 11.7 Å². The summed E-state index contributed by atoms with van der Waals surface area (Å²) < 4.78 is 2.77. The Morgan fingerprint density at radius 1 is 1.19 bits per heavy atom. The van der Waals surface area contributed by atoms with Gasteiger partial charge in [0.05, 0.1) is 22.0 Å². The molecule has 132 valence electrons. The van der Waals surface area contributed by atoms with E-state index in [1.165, 1.54) is 6.33 Å². The van der Waals surface area contributed by atoms with Crippen LogP contribution in [0, 0.1) is 0 Å². The molecule has 1 N–H and O–H groups in total. The number of benzene rings is 1. The second kappa shape index (κ2) is 6.45. The van der Waals surface area contributed by atoms with E-state index in [0.717, 1.165) is 20.9 Å². The van der Waals surface area contributed by atoms with Crippen LogP contribution in [0.3, 0.4) is 0 Å². The Morgan fingerprint density at radius 3 is 2.77 bits per heavy atom. The Balaban J connectivity index is 1.62. The molecule has 3 heterocycles. The van der Waals surface area contributed by atoms with Crippen LogP contribution in [0.15, 0.2) is 36.7 Å². The van der Waals surface area contributed by atoms with E-state index in [1.54, 1.807) is 21.9 Å². The average molecular weight is 366 g/mol. The van der Waals surface area contributed by atoms with Crippen molar-refractivity contribution in [2.24, 2.45) is 0 Å². The lowest BCUT2D eigenvalue weighted by atomic mass is 10.1. The van der Waals surface area contributed by atoms with E-state index in [-0.39, 0.29) is 17.9 Å². The lowest BCUT2D eigenvalue weighted by Gasteiger charge is -2.13. The van der Waals surface area contributed by atoms with Crippen molar-refractivity contribution in [3.63, 3.8) is 0 Å². The van der Waals surface area contributed by atoms with E-state index in [4.69, 9.17) is 0 Å². The maximum absolute atomic E-state index is 12.7. The molecule has 0 saturated heterocycles. The number of carbonyl (C=O) groups excluding carboxylic acids is 1. The largest absolute Gasteiger partial charge is 0.342 e. The quantitative estimate of drug-likeness (QED) is 0.599. The van der Waals surface area contributed by atoms with E-state index >= 15 is 0 Å². The topological polar surface area (TPSA) is 85.1 Å². The van der Waals surface area contributed by atoms with Crippen LogP contribution >= 0.6 is 11.3 Å². The summed E-state index contributed by atoms with van der Waals surface area (Å²) >= 11 is 1.58. The summed E-state index contributed by atoms with van der Waals surface area (Å²) in [6.45, 7) is 6.01. The molecule has 0 radical (unpaired) electrons. The fraction of sp³-hybridized carbons (Fsp3) is 0.278. The summed E-state index contributed by atoms with van der Waals surface area (Å²) in [5.41, 5.74) is 2.17. The van der Waals surface area contributed by atoms with Crippen molar-refractivity contribution in [1.29, 1.82) is 0 Å². The third kappa shape index (κ3) is 2.92. The molecule has 26 heavy (non-hydrogen) atoms. The zero-order valence-corrected chi connectivity index (χ0v) is 15.5. The van der Waals surface area contributed by atoms with Gasteiger partial charge in [-0.2, -0.15) is 10.1 Å². The molecular weight excluding hydrogens is 348 g/mol. The molecule has 1 atom stereocenters. The van der Waals surface area contributed by atoms with Crippen LogP contribution in [0.5, 0.6) is 0 Å². The first-order valence-corrected chi connectivity index (χ1v) is 9.21. The van der Waals surface area contributed by atoms with Crippen molar-refractivity contribution in [3.8, 4) is 0 Å². The summed E-state index contributed by atoms with van der Waals surface area (Å²) in [6.07, 6.45) is 1.44. The van der Waals surface area contributed by atoms with Crippen molar-refractivity contribution in [1.82, 2.24) is 29.9 Å². The van der Waals surface area contributed by atoms with E-state index in [1.807, 2.05) is 45.0 Å². The number of para-hydroxylation sites is 1. The lowest BCUT2D eigenvalue weighted by Crippen LogP contribution is -2.28. The van der Waals surface area contributed by atoms with E-state index < -0.39 is 0 Å². The molecule has 8 heteroatoms. The standard InChI is InChI=1S/C18H18N6OS/c1-10(2)14-8-13(23-18-19-9-20-24(14)18)16(25)21-11(3)17-22-12-6-4-5-7-15(12)26-17/h4-11H,1-3H3,(H,21,25)/t11-/m0/s1. The summed E-state index contributed by atoms with van der Waals surface area (Å²) in [5.74, 6) is 0.369. The number of nitrogens with one attached hydrogen (secondary N) is 1. The molecule has 1 aromatic carbocycles. The van der Waals surface area contributed by atoms with Gasteiger partial charge in [0.2, 0.25) is 0 Å². The summed E-state index contributed by atoms with van der Waals surface area (Å²) in [7, 11) is 0. The number of carbonyl (C=O) groups is 1. The van der Waals surface area contributed by atoms with Crippen LogP contribution in [-0.4, -0.2) is 30.5 Å². The van der Waals surface area contributed by atoms with Crippen LogP contribution in [0.1, 0.15) is 53.9 Å². The number of amides is 1. The Bertz CT molecular complexity index is 1070. The van der Waals surface area contributed by atoms with Gasteiger partial charge in [0, 0.05) is 0 Å². The maximum atomic E-state index is 12.7. The minimum absolute atomic E-state index is 0.190. The highest BCUT2D eigenvalue weighted by Gasteiger charge is 2.19. The average Bonchev–Trinajstić information content (AvgIpc) is 3.26. The first-order chi connectivity index (χ1) is 12.5. The zero-order valence-electron chi connectivity index (χ0n) is 14.7. The summed E-state index contributed by atoms with van der Waals surface area (Å²) in [4.78, 5) is 25.8. The van der Waals surface area contributed by atoms with Crippen molar-refractivity contribution >= 4 is 33.2 Å². The third-order valence-electron chi connectivity index (χ3n) is 4.13. The van der Waals surface area contributed by atoms with Crippen molar-refractivity contribution in [2.45, 2.75) is 32.7 Å². The Kier molecular flexibility index (Phi) is 4.12. The van der Waals surface area contributed by atoms with Gasteiger partial charge in [-0.3, -0.25) is 4.79 Å². The molecule has 0 aliphatic carbocycles. The predicted molar refractivity (Wildman–Crippen MR) is 100 cm³/mol. The van der Waals surface area contributed by atoms with Crippen LogP contribution in [0.2, 0.25) is 0 Å². The first kappa shape index (κ1) is 16.6. The number of rotatable bonds is 4. The highest BCUT2D eigenvalue weighted by atomic mass is 32.1. The minimum Gasteiger partial charge on any atom is -0.342 e. The number of hydrogen-bond donors (Lipinski definition) is 1. The molecule has 3 aromatic heterocycles. The molecule has 0 bridgehead atoms. The van der Waals surface area contributed by atoms with Gasteiger partial charge in [-0.15, -0.1) is 11.3 Å². The second-order valence-electron chi connectivity index (χ2n) is 6.41. The van der Waals surface area contributed by atoms with Crippen LogP contribution in [0.25, 0.3) is 16.0 Å². The molecule has 0 unspecified atom stereocenters. The molecule has 4 rings (SSSR count). The smallest absolute Gasteiger partial charge is 0.270 e. The van der Waals surface area contributed by atoms with Gasteiger partial charge < -0.3 is 5.32 Å². The summed E-state index contributed by atoms with van der Waals surface area (Å²) in [5, 5.41) is 8.03. The Labute approximate surface area is 154 Å². The van der Waals surface area contributed by atoms with Crippen molar-refractivity contribution < 1.29 is 4.79 Å². The highest BCUT2D eigenvalue weighted by Crippen LogP contribution is 2.26. The molecule has 7 nitrogen and oxygen atoms in total. The van der Waals surface area contributed by atoms with Gasteiger partial charge in [0.15, 0.2) is 0 Å². The first-order valence-electron chi connectivity index (χ1n) is 8.40. The maximum Gasteiger partial charge on any atom is 0.270 e. The van der Waals surface area contributed by atoms with Gasteiger partial charge >= 0.3 is 0 Å². The van der Waals surface area contributed by atoms with E-state index in [0.29, 0.717) is 11.5 Å². The number of thiazole rings is 1. The molecule has 1 amide bonds. The number of fused-ring (bicyclic) bond motifs is 2. The number of aromatic nitrogens is 5. The predicted octanol–water partition coefficient (Wildman–Crippen LogP) is 3.35. The molecule has 4 aromatic rings. The SMILES string of the molecule is CC(C)c1cc(C(=O)N[C@@H](C)c2nc3ccccc3s2)nc2ncnn12. The van der Waals surface area contributed by atoms with Gasteiger partial charge in [0.1, 0.15) is 17.0 Å². The summed E-state index contributed by atoms with van der Waals surface area (Å²) in [6, 6.07) is 9.50. The van der Waals surface area contributed by atoms with Crippen LogP contribution < -0.4 is 5.32 Å². The number of hydrogen-bond acceptors (Lipinski definition) is 6. The molecule has 0 fully saturated rings. The monoisotopic (exact) mass is 366 g/mol. The normalized spacial score (nSPS) is 12.8. The van der Waals surface area contributed by atoms with Crippen molar-refractivity contribution in [2.75, 3.05) is 0 Å². The van der Waals surface area contributed by atoms with E-state index in [9.17, 15) is 4.79 Å². The second-order valence-corrected chi connectivity index (χ2v) is 7.47. The zero-order chi connectivity index (χ0) is 18.3. The fourth-order valence-corrected chi connectivity index (χ4v) is 3.74. The van der Waals surface area contributed by atoms with Gasteiger partial charge in [-0.1, -0.05) is 26.0 Å². The molecule has 0 spiro atoms. The van der Waals surface area contributed by atoms with Gasteiger partial charge in [-0.05, 0) is 31.0 Å². The Morgan fingerprint density at radius 2 is 2.00 bits per heavy atom. The molecular formula is C18H18N6OS. The van der Waals surface area contributed by atoms with E-state index in [2.05, 4.69) is 25.4 Å². The third-order valence-corrected chi connectivity index (χ3v) is 5.35. The fourth-order valence-electron chi connectivity index (χ4n) is 2.77. The molecule has 0 aliphatic rings. The molecule has 0 aliphatic heterocycles. The Hall–Kier alpha value is -2.87. The lowest BCUT2D eigenvalue weighted by molar-refractivity contribution is 0.0934. The highest BCUT2D eigenvalue weighted by molar-refractivity contribution is 7.18. The van der Waals surface area contributed by atoms with Crippen molar-refractivity contribution in [3.05, 3.63) is 53.1 Å². The number of nitrogens with zero attached hydrogens (tertiary/aromatic N) is 5. The van der Waals surface area contributed by atoms with Gasteiger partial charge in [-0.25, -0.2) is 14.5 Å². The minimum atomic E-state index is -0.246. The van der Waals surface area contributed by atoms with Crippen LogP contribution in [0.4, 0.5) is 0 Å². The van der Waals surface area contributed by atoms with Crippen LogP contribution in [-0.2, 0) is 0 Å². The molecule has 0 saturated carbocycles.